The second kappa shape index (κ2) is 7.13. The molecule has 1 atom stereocenters. The molecule has 2 aromatic rings. The van der Waals surface area contributed by atoms with Crippen molar-refractivity contribution in [2.45, 2.75) is 37.0 Å². The fourth-order valence-electron chi connectivity index (χ4n) is 1.89. The molecule has 0 fully saturated rings. The molecule has 1 heterocycles. The average Bonchev–Trinajstić information content (AvgIpc) is 2.88. The van der Waals surface area contributed by atoms with E-state index in [1.54, 1.807) is 11.8 Å². The first-order valence-electron chi connectivity index (χ1n) is 6.60. The highest BCUT2D eigenvalue weighted by atomic mass is 32.2. The molecule has 0 aliphatic carbocycles. The third-order valence-electron chi connectivity index (χ3n) is 3.02. The molecule has 0 radical (unpaired) electrons. The van der Waals surface area contributed by atoms with Gasteiger partial charge in [0.15, 0.2) is 5.78 Å². The molecule has 2 rings (SSSR count). The molecule has 0 aliphatic heterocycles. The van der Waals surface area contributed by atoms with Crippen molar-refractivity contribution < 1.29 is 9.21 Å². The van der Waals surface area contributed by atoms with E-state index in [1.807, 2.05) is 45.2 Å². The Balaban J connectivity index is 2.09. The molecular weight excluding hydrogens is 304 g/mol. The summed E-state index contributed by atoms with van der Waals surface area (Å²) in [5.41, 5.74) is 2.84. The number of carbonyl (C=O) groups excluding carboxylic acids is 1. The number of nitrogens with zero attached hydrogens (tertiary/aromatic N) is 2. The Kier molecular flexibility index (Phi) is 5.47. The van der Waals surface area contributed by atoms with E-state index in [9.17, 15) is 4.79 Å². The first-order valence-corrected chi connectivity index (χ1v) is 8.88. The highest BCUT2D eigenvalue weighted by Gasteiger charge is 2.21. The minimum Gasteiger partial charge on any atom is -0.415 e. The minimum absolute atomic E-state index is 0.0887. The van der Waals surface area contributed by atoms with Gasteiger partial charge in [-0.25, -0.2) is 0 Å². The van der Waals surface area contributed by atoms with Gasteiger partial charge in [-0.3, -0.25) is 4.79 Å². The zero-order chi connectivity index (χ0) is 15.4. The largest absolute Gasteiger partial charge is 0.415 e. The van der Waals surface area contributed by atoms with E-state index in [4.69, 9.17) is 4.42 Å². The third-order valence-corrected chi connectivity index (χ3v) is 4.49. The summed E-state index contributed by atoms with van der Waals surface area (Å²) in [6.45, 7) is 5.81. The second-order valence-corrected chi connectivity index (χ2v) is 7.00. The molecule has 0 N–H and O–H groups in total. The zero-order valence-corrected chi connectivity index (χ0v) is 14.2. The van der Waals surface area contributed by atoms with Crippen LogP contribution in [0.25, 0.3) is 0 Å². The summed E-state index contributed by atoms with van der Waals surface area (Å²) in [5, 5.41) is 8.12. The van der Waals surface area contributed by atoms with Gasteiger partial charge in [-0.1, -0.05) is 29.5 Å². The lowest BCUT2D eigenvalue weighted by molar-refractivity contribution is 0.0993. The van der Waals surface area contributed by atoms with Crippen LogP contribution in [0.4, 0.5) is 0 Å². The summed E-state index contributed by atoms with van der Waals surface area (Å²) in [7, 11) is 0. The van der Waals surface area contributed by atoms with E-state index >= 15 is 0 Å². The maximum absolute atomic E-state index is 12.5. The SMILES string of the molecule is CSCc1nnc(SC(C)C(=O)c2cc(C)ccc2C)o1. The van der Waals surface area contributed by atoms with Crippen LogP contribution in [0.1, 0.15) is 34.3 Å². The topological polar surface area (TPSA) is 56.0 Å². The van der Waals surface area contributed by atoms with Crippen molar-refractivity contribution in [2.24, 2.45) is 0 Å². The van der Waals surface area contributed by atoms with E-state index in [-0.39, 0.29) is 11.0 Å². The number of rotatable bonds is 6. The van der Waals surface area contributed by atoms with Crippen LogP contribution >= 0.6 is 23.5 Å². The summed E-state index contributed by atoms with van der Waals surface area (Å²) in [4.78, 5) is 12.5. The van der Waals surface area contributed by atoms with Crippen LogP contribution in [-0.4, -0.2) is 27.5 Å². The maximum Gasteiger partial charge on any atom is 0.277 e. The van der Waals surface area contributed by atoms with Crippen molar-refractivity contribution >= 4 is 29.3 Å². The molecular formula is C15H18N2O2S2. The first-order chi connectivity index (χ1) is 10.0. The van der Waals surface area contributed by atoms with Crippen molar-refractivity contribution in [3.63, 3.8) is 0 Å². The van der Waals surface area contributed by atoms with Crippen LogP contribution in [0.2, 0.25) is 0 Å². The maximum atomic E-state index is 12.5. The van der Waals surface area contributed by atoms with Gasteiger partial charge in [-0.05, 0) is 38.7 Å². The Labute approximate surface area is 133 Å². The minimum atomic E-state index is -0.256. The number of hydrogen-bond donors (Lipinski definition) is 0. The summed E-state index contributed by atoms with van der Waals surface area (Å²) in [6.07, 6.45) is 1.98. The van der Waals surface area contributed by atoms with Gasteiger partial charge in [0.25, 0.3) is 5.22 Å². The molecule has 1 aromatic heterocycles. The normalized spacial score (nSPS) is 12.4. The summed E-state index contributed by atoms with van der Waals surface area (Å²) in [6, 6.07) is 5.92. The summed E-state index contributed by atoms with van der Waals surface area (Å²) in [5.74, 6) is 1.37. The standard InChI is InChI=1S/C15H18N2O2S2/c1-9-5-6-10(2)12(7-9)14(18)11(3)21-15-17-16-13(19-15)8-20-4/h5-7,11H,8H2,1-4H3. The molecule has 0 saturated carbocycles. The van der Waals surface area contributed by atoms with Crippen molar-refractivity contribution in [3.05, 3.63) is 40.8 Å². The lowest BCUT2D eigenvalue weighted by Crippen LogP contribution is -2.15. The molecule has 0 saturated heterocycles. The van der Waals surface area contributed by atoms with Gasteiger partial charge >= 0.3 is 0 Å². The molecule has 0 amide bonds. The van der Waals surface area contributed by atoms with Gasteiger partial charge in [0, 0.05) is 5.56 Å². The summed E-state index contributed by atoms with van der Waals surface area (Å²) < 4.78 is 5.50. The van der Waals surface area contributed by atoms with Gasteiger partial charge in [-0.2, -0.15) is 11.8 Å². The molecule has 0 spiro atoms. The number of aromatic nitrogens is 2. The molecule has 21 heavy (non-hydrogen) atoms. The zero-order valence-electron chi connectivity index (χ0n) is 12.5. The second-order valence-electron chi connectivity index (χ2n) is 4.84. The Morgan fingerprint density at radius 2 is 2.10 bits per heavy atom. The highest BCUT2D eigenvalue weighted by molar-refractivity contribution is 8.00. The Bertz CT molecular complexity index is 640. The number of thioether (sulfide) groups is 2. The van der Waals surface area contributed by atoms with Crippen LogP contribution in [0, 0.1) is 13.8 Å². The Hall–Kier alpha value is -1.27. The van der Waals surface area contributed by atoms with Gasteiger partial charge in [0.2, 0.25) is 5.89 Å². The molecule has 0 aliphatic rings. The monoisotopic (exact) mass is 322 g/mol. The van der Waals surface area contributed by atoms with Crippen molar-refractivity contribution in [3.8, 4) is 0 Å². The number of Topliss-reactive ketones (excluding diaryl/α,β-unsaturated/α-hetero) is 1. The average molecular weight is 322 g/mol. The van der Waals surface area contributed by atoms with Crippen LogP contribution in [0.15, 0.2) is 27.8 Å². The van der Waals surface area contributed by atoms with Crippen LogP contribution in [-0.2, 0) is 5.75 Å². The van der Waals surface area contributed by atoms with Gasteiger partial charge in [0.1, 0.15) is 0 Å². The predicted octanol–water partition coefficient (Wildman–Crippen LogP) is 3.91. The number of benzene rings is 1. The Morgan fingerprint density at radius 1 is 1.33 bits per heavy atom. The van der Waals surface area contributed by atoms with Crippen LogP contribution in [0.5, 0.6) is 0 Å². The van der Waals surface area contributed by atoms with Crippen molar-refractivity contribution in [2.75, 3.05) is 6.26 Å². The molecule has 4 nitrogen and oxygen atoms in total. The fourth-order valence-corrected chi connectivity index (χ4v) is 3.03. The molecule has 1 unspecified atom stereocenters. The first kappa shape index (κ1) is 16.1. The van der Waals surface area contributed by atoms with Crippen molar-refractivity contribution in [1.29, 1.82) is 0 Å². The van der Waals surface area contributed by atoms with E-state index in [0.717, 1.165) is 16.7 Å². The van der Waals surface area contributed by atoms with E-state index in [2.05, 4.69) is 10.2 Å². The molecule has 0 bridgehead atoms. The highest BCUT2D eigenvalue weighted by Crippen LogP contribution is 2.26. The Morgan fingerprint density at radius 3 is 2.81 bits per heavy atom. The smallest absolute Gasteiger partial charge is 0.277 e. The number of aryl methyl sites for hydroxylation is 2. The lowest BCUT2D eigenvalue weighted by Gasteiger charge is -2.10. The van der Waals surface area contributed by atoms with E-state index < -0.39 is 0 Å². The van der Waals surface area contributed by atoms with Crippen LogP contribution < -0.4 is 0 Å². The fraction of sp³-hybridized carbons (Fsp3) is 0.400. The summed E-state index contributed by atoms with van der Waals surface area (Å²) >= 11 is 2.93. The van der Waals surface area contributed by atoms with E-state index in [0.29, 0.717) is 16.9 Å². The number of hydrogen-bond acceptors (Lipinski definition) is 6. The lowest BCUT2D eigenvalue weighted by atomic mass is 10.0. The van der Waals surface area contributed by atoms with Crippen LogP contribution in [0.3, 0.4) is 0 Å². The van der Waals surface area contributed by atoms with Gasteiger partial charge in [0.05, 0.1) is 11.0 Å². The number of carbonyl (C=O) groups is 1. The third kappa shape index (κ3) is 4.11. The van der Waals surface area contributed by atoms with Gasteiger partial charge < -0.3 is 4.42 Å². The molecule has 1 aromatic carbocycles. The number of ketones is 1. The molecule has 112 valence electrons. The quantitative estimate of drug-likeness (QED) is 0.593. The molecule has 6 heteroatoms. The predicted molar refractivity (Wildman–Crippen MR) is 87.1 cm³/mol. The van der Waals surface area contributed by atoms with E-state index in [1.165, 1.54) is 11.8 Å². The van der Waals surface area contributed by atoms with Crippen molar-refractivity contribution in [1.82, 2.24) is 10.2 Å². The van der Waals surface area contributed by atoms with Gasteiger partial charge in [-0.15, -0.1) is 10.2 Å².